The topological polar surface area (TPSA) is 116 Å². The molecule has 0 spiro atoms. The Morgan fingerprint density at radius 2 is 2.00 bits per heavy atom. The number of hydrogen-bond donors (Lipinski definition) is 1. The number of β-lactam (4-membered cyclic amide) rings is 1. The molecule has 1 heterocycles. The van der Waals surface area contributed by atoms with Gasteiger partial charge in [-0.2, -0.15) is 22.8 Å². The molecule has 0 unspecified atom stereocenters. The highest BCUT2D eigenvalue weighted by atomic mass is 32.3. The van der Waals surface area contributed by atoms with Gasteiger partial charge in [0.15, 0.2) is 0 Å². The van der Waals surface area contributed by atoms with Crippen molar-refractivity contribution in [3.05, 3.63) is 0 Å². The van der Waals surface area contributed by atoms with Crippen molar-refractivity contribution in [3.8, 4) is 0 Å². The van der Waals surface area contributed by atoms with Gasteiger partial charge in [-0.05, 0) is 13.8 Å². The molecular weight excluding hydrogens is 272 g/mol. The van der Waals surface area contributed by atoms with Crippen molar-refractivity contribution in [3.63, 3.8) is 0 Å². The fourth-order valence-electron chi connectivity index (χ4n) is 1.42. The van der Waals surface area contributed by atoms with E-state index in [-0.39, 0.29) is 13.5 Å². The molecule has 0 aromatic rings. The van der Waals surface area contributed by atoms with Crippen molar-refractivity contribution in [2.75, 3.05) is 0 Å². The number of carbonyl (C=O) groups excluding carboxylic acids is 2. The lowest BCUT2D eigenvalue weighted by atomic mass is 9.84. The van der Waals surface area contributed by atoms with E-state index in [1.54, 1.807) is 0 Å². The van der Waals surface area contributed by atoms with E-state index >= 15 is 0 Å². The number of carbonyl (C=O) groups is 2. The Balaban J connectivity index is 0.00000256. The van der Waals surface area contributed by atoms with Crippen LogP contribution >= 0.6 is 13.5 Å². The first kappa shape index (κ1) is 16.2. The zero-order valence-corrected chi connectivity index (χ0v) is 11.2. The van der Waals surface area contributed by atoms with E-state index in [1.807, 2.05) is 0 Å². The van der Waals surface area contributed by atoms with Crippen LogP contribution in [0.2, 0.25) is 0 Å². The monoisotopic (exact) mass is 285 g/mol. The van der Waals surface area contributed by atoms with E-state index in [0.717, 1.165) is 0 Å². The van der Waals surface area contributed by atoms with Gasteiger partial charge in [0, 0.05) is 6.92 Å². The molecule has 0 aromatic heterocycles. The molecule has 1 N–H and O–H groups in total. The molecule has 2 amide bonds. The van der Waals surface area contributed by atoms with Gasteiger partial charge < -0.3 is 9.87 Å². The van der Waals surface area contributed by atoms with Crippen molar-refractivity contribution >= 4 is 35.7 Å². The Morgan fingerprint density at radius 3 is 2.29 bits per heavy atom. The lowest BCUT2D eigenvalue weighted by molar-refractivity contribution is -0.218. The molecule has 10 heteroatoms. The minimum Gasteiger partial charge on any atom is -0.724 e. The van der Waals surface area contributed by atoms with Crippen molar-refractivity contribution in [2.24, 2.45) is 0 Å². The van der Waals surface area contributed by atoms with Crippen LogP contribution in [0.25, 0.3) is 0 Å². The summed E-state index contributed by atoms with van der Waals surface area (Å²) in [6.07, 6.45) is 0. The summed E-state index contributed by atoms with van der Waals surface area (Å²) in [5.41, 5.74) is -1.08. The summed E-state index contributed by atoms with van der Waals surface area (Å²) in [7, 11) is -5.00. The van der Waals surface area contributed by atoms with Crippen LogP contribution in [0.15, 0.2) is 0 Å². The second kappa shape index (κ2) is 4.80. The van der Waals surface area contributed by atoms with Crippen LogP contribution in [0, 0.1) is 0 Å². The van der Waals surface area contributed by atoms with Gasteiger partial charge >= 0.3 is 0 Å². The highest BCUT2D eigenvalue weighted by molar-refractivity contribution is 7.80. The smallest absolute Gasteiger partial charge is 0.272 e. The zero-order chi connectivity index (χ0) is 12.7. The molecule has 0 aliphatic carbocycles. The van der Waals surface area contributed by atoms with Crippen molar-refractivity contribution in [2.45, 2.75) is 32.4 Å². The molecule has 1 saturated heterocycles. The highest BCUT2D eigenvalue weighted by Gasteiger charge is 2.57. The molecule has 8 nitrogen and oxygen atoms in total. The second-order valence-corrected chi connectivity index (χ2v) is 4.87. The Hall–Kier alpha value is -0.840. The van der Waals surface area contributed by atoms with Crippen molar-refractivity contribution in [1.82, 2.24) is 10.4 Å². The Morgan fingerprint density at radius 1 is 1.53 bits per heavy atom. The predicted molar refractivity (Wildman–Crippen MR) is 59.7 cm³/mol. The number of hydrogen-bond acceptors (Lipinski definition) is 6. The van der Waals surface area contributed by atoms with E-state index < -0.39 is 33.8 Å². The van der Waals surface area contributed by atoms with E-state index in [2.05, 4.69) is 9.60 Å². The molecule has 1 aliphatic heterocycles. The van der Waals surface area contributed by atoms with Gasteiger partial charge in [0.05, 0.1) is 5.54 Å². The van der Waals surface area contributed by atoms with E-state index in [1.165, 1.54) is 20.8 Å². The third kappa shape index (κ3) is 3.31. The summed E-state index contributed by atoms with van der Waals surface area (Å²) >= 11 is 0. The Kier molecular flexibility index (Phi) is 4.56. The third-order valence-electron chi connectivity index (χ3n) is 2.19. The summed E-state index contributed by atoms with van der Waals surface area (Å²) in [5, 5.41) is 2.77. The largest absolute Gasteiger partial charge is 0.724 e. The first-order valence-electron chi connectivity index (χ1n) is 4.32. The van der Waals surface area contributed by atoms with Crippen LogP contribution in [0.4, 0.5) is 0 Å². The average Bonchev–Trinajstić information content (AvgIpc) is 2.08. The molecule has 100 valence electrons. The fourth-order valence-corrected chi connectivity index (χ4v) is 1.87. The van der Waals surface area contributed by atoms with Gasteiger partial charge in [-0.15, -0.1) is 0 Å². The first-order chi connectivity index (χ1) is 7.05. The molecule has 0 radical (unpaired) electrons. The Labute approximate surface area is 106 Å². The molecule has 17 heavy (non-hydrogen) atoms. The molecule has 1 fully saturated rings. The number of amides is 2. The number of rotatable bonds is 3. The van der Waals surface area contributed by atoms with Crippen LogP contribution in [-0.2, 0) is 24.3 Å². The lowest BCUT2D eigenvalue weighted by Gasteiger charge is -2.51. The van der Waals surface area contributed by atoms with Gasteiger partial charge in [0.25, 0.3) is 5.91 Å². The highest BCUT2D eigenvalue weighted by Crippen LogP contribution is 2.32. The zero-order valence-electron chi connectivity index (χ0n) is 9.38. The number of nitrogens with one attached hydrogen (secondary N) is 1. The first-order valence-corrected chi connectivity index (χ1v) is 5.65. The Bertz CT molecular complexity index is 432. The third-order valence-corrected chi connectivity index (χ3v) is 2.52. The maximum absolute atomic E-state index is 11.4. The summed E-state index contributed by atoms with van der Waals surface area (Å²) in [5.74, 6) is -1.21. The van der Waals surface area contributed by atoms with Crippen LogP contribution in [0.1, 0.15) is 20.8 Å². The van der Waals surface area contributed by atoms with Crippen LogP contribution in [0.3, 0.4) is 0 Å². The fraction of sp³-hybridized carbons (Fsp3) is 0.714. The molecule has 0 bridgehead atoms. The number of nitrogens with zero attached hydrogens (tertiary/aromatic N) is 1. The van der Waals surface area contributed by atoms with Gasteiger partial charge in [-0.25, -0.2) is 8.42 Å². The normalized spacial score (nSPS) is 22.5. The minimum absolute atomic E-state index is 0. The SMILES string of the molecule is CC(=O)N[C@@H]1C(=O)N(OS(=O)(=O)[O-])C1(C)C.S. The van der Waals surface area contributed by atoms with Crippen LogP contribution in [-0.4, -0.2) is 41.4 Å². The summed E-state index contributed by atoms with van der Waals surface area (Å²) < 4.78 is 35.0. The molecule has 0 aromatic carbocycles. The van der Waals surface area contributed by atoms with Gasteiger partial charge in [0.2, 0.25) is 16.3 Å². The molecular formula is C7H13N2O6S2-. The second-order valence-electron chi connectivity index (χ2n) is 3.90. The predicted octanol–water partition coefficient (Wildman–Crippen LogP) is -1.38. The van der Waals surface area contributed by atoms with Gasteiger partial charge in [0.1, 0.15) is 6.04 Å². The summed E-state index contributed by atoms with van der Waals surface area (Å²) in [6, 6.07) is -0.897. The minimum atomic E-state index is -5.00. The molecule has 1 rings (SSSR count). The van der Waals surface area contributed by atoms with Gasteiger partial charge in [-0.1, -0.05) is 0 Å². The van der Waals surface area contributed by atoms with E-state index in [0.29, 0.717) is 5.06 Å². The van der Waals surface area contributed by atoms with E-state index in [4.69, 9.17) is 0 Å². The number of hydroxylamine groups is 2. The van der Waals surface area contributed by atoms with Crippen LogP contribution < -0.4 is 5.32 Å². The lowest BCUT2D eigenvalue weighted by Crippen LogP contribution is -2.76. The van der Waals surface area contributed by atoms with E-state index in [9.17, 15) is 22.6 Å². The van der Waals surface area contributed by atoms with Gasteiger partial charge in [-0.3, -0.25) is 9.59 Å². The van der Waals surface area contributed by atoms with Crippen molar-refractivity contribution in [1.29, 1.82) is 0 Å². The summed E-state index contributed by atoms with van der Waals surface area (Å²) in [4.78, 5) is 22.1. The van der Waals surface area contributed by atoms with Crippen LogP contribution in [0.5, 0.6) is 0 Å². The molecule has 1 atom stereocenters. The quantitative estimate of drug-likeness (QED) is 0.388. The maximum Gasteiger partial charge on any atom is 0.272 e. The van der Waals surface area contributed by atoms with Crippen molar-refractivity contribution < 1.29 is 26.8 Å². The standard InChI is InChI=1S/C7H12N2O6S.H2S/c1-4(10)8-5-6(11)9(7(5,2)3)15-16(12,13)14;/h5H,1-3H3,(H,8,10)(H,12,13,14);1H2/p-1/t5-;/m1./s1. The maximum atomic E-state index is 11.4. The summed E-state index contributed by atoms with van der Waals surface area (Å²) in [6.45, 7) is 4.14. The molecule has 1 aliphatic rings. The average molecular weight is 285 g/mol. The molecule has 0 saturated carbocycles.